The Morgan fingerprint density at radius 2 is 2.26 bits per heavy atom. The number of benzene rings is 1. The summed E-state index contributed by atoms with van der Waals surface area (Å²) in [5.41, 5.74) is 9.08. The molecule has 2 N–H and O–H groups in total. The molecule has 1 aromatic rings. The van der Waals surface area contributed by atoms with Gasteiger partial charge in [-0.15, -0.1) is 0 Å². The fourth-order valence-electron chi connectivity index (χ4n) is 2.83. The normalized spacial score (nSPS) is 19.6. The molecule has 1 fully saturated rings. The molecule has 0 aromatic heterocycles. The van der Waals surface area contributed by atoms with Crippen molar-refractivity contribution in [1.82, 2.24) is 4.90 Å². The summed E-state index contributed by atoms with van der Waals surface area (Å²) in [6, 6.07) is 6.32. The number of nitrogens with two attached hydrogens (primary N) is 1. The van der Waals surface area contributed by atoms with Crippen LogP contribution in [0.15, 0.2) is 18.2 Å². The van der Waals surface area contributed by atoms with E-state index in [4.69, 9.17) is 18.0 Å². The van der Waals surface area contributed by atoms with Gasteiger partial charge >= 0.3 is 0 Å². The summed E-state index contributed by atoms with van der Waals surface area (Å²) in [5, 5.41) is 0. The van der Waals surface area contributed by atoms with Crippen molar-refractivity contribution in [1.29, 1.82) is 0 Å². The van der Waals surface area contributed by atoms with Crippen molar-refractivity contribution < 1.29 is 0 Å². The maximum absolute atomic E-state index is 5.70. The molecule has 0 amide bonds. The van der Waals surface area contributed by atoms with Crippen LogP contribution in [0.5, 0.6) is 0 Å². The van der Waals surface area contributed by atoms with Crippen LogP contribution < -0.4 is 10.6 Å². The van der Waals surface area contributed by atoms with Gasteiger partial charge in [0, 0.05) is 31.4 Å². The van der Waals surface area contributed by atoms with Gasteiger partial charge in [-0.05, 0) is 56.6 Å². The number of hydrogen-bond donors (Lipinski definition) is 1. The van der Waals surface area contributed by atoms with E-state index in [2.05, 4.69) is 43.0 Å². The minimum atomic E-state index is 0.476. The summed E-state index contributed by atoms with van der Waals surface area (Å²) < 4.78 is 0. The predicted octanol–water partition coefficient (Wildman–Crippen LogP) is 2.02. The summed E-state index contributed by atoms with van der Waals surface area (Å²) in [6.07, 6.45) is 1.30. The van der Waals surface area contributed by atoms with Gasteiger partial charge in [0.15, 0.2) is 0 Å². The van der Waals surface area contributed by atoms with Gasteiger partial charge in [0.25, 0.3) is 0 Å². The van der Waals surface area contributed by atoms with E-state index in [9.17, 15) is 0 Å². The highest BCUT2D eigenvalue weighted by Gasteiger charge is 2.21. The van der Waals surface area contributed by atoms with Crippen molar-refractivity contribution in [3.8, 4) is 0 Å². The van der Waals surface area contributed by atoms with Crippen LogP contribution in [0, 0.1) is 12.8 Å². The Morgan fingerprint density at radius 1 is 1.53 bits per heavy atom. The molecule has 1 aliphatic rings. The second kappa shape index (κ2) is 5.88. The second-order valence-corrected chi connectivity index (χ2v) is 6.10. The van der Waals surface area contributed by atoms with Crippen LogP contribution >= 0.6 is 12.2 Å². The molecule has 1 aliphatic heterocycles. The lowest BCUT2D eigenvalue weighted by molar-refractivity contribution is 0.396. The number of rotatable bonds is 4. The van der Waals surface area contributed by atoms with E-state index in [1.165, 1.54) is 25.2 Å². The maximum atomic E-state index is 5.70. The zero-order valence-corrected chi connectivity index (χ0v) is 12.8. The zero-order chi connectivity index (χ0) is 14.0. The number of likely N-dealkylation sites (tertiary alicyclic amines) is 1. The molecular weight excluding hydrogens is 254 g/mol. The van der Waals surface area contributed by atoms with E-state index in [1.807, 2.05) is 6.07 Å². The molecule has 104 valence electrons. The van der Waals surface area contributed by atoms with Crippen molar-refractivity contribution in [3.63, 3.8) is 0 Å². The van der Waals surface area contributed by atoms with E-state index >= 15 is 0 Å². The highest BCUT2D eigenvalue weighted by Crippen LogP contribution is 2.22. The molecule has 19 heavy (non-hydrogen) atoms. The van der Waals surface area contributed by atoms with Crippen LogP contribution in [0.4, 0.5) is 5.69 Å². The Labute approximate surface area is 121 Å². The molecule has 1 unspecified atom stereocenters. The molecule has 1 saturated heterocycles. The summed E-state index contributed by atoms with van der Waals surface area (Å²) in [5.74, 6) is 0.769. The van der Waals surface area contributed by atoms with Crippen molar-refractivity contribution in [2.24, 2.45) is 11.7 Å². The summed E-state index contributed by atoms with van der Waals surface area (Å²) in [6.45, 7) is 5.59. The van der Waals surface area contributed by atoms with Crippen LogP contribution in [-0.2, 0) is 0 Å². The first-order valence-corrected chi connectivity index (χ1v) is 7.18. The Hall–Kier alpha value is -1.13. The molecular formula is C15H23N3S. The van der Waals surface area contributed by atoms with Gasteiger partial charge in [-0.2, -0.15) is 0 Å². The topological polar surface area (TPSA) is 32.5 Å². The van der Waals surface area contributed by atoms with Crippen LogP contribution in [0.3, 0.4) is 0 Å². The van der Waals surface area contributed by atoms with E-state index < -0.39 is 0 Å². The van der Waals surface area contributed by atoms with Gasteiger partial charge in [-0.25, -0.2) is 0 Å². The molecule has 3 nitrogen and oxygen atoms in total. The second-order valence-electron chi connectivity index (χ2n) is 5.66. The van der Waals surface area contributed by atoms with Crippen molar-refractivity contribution in [2.45, 2.75) is 13.3 Å². The Bertz CT molecular complexity index is 472. The van der Waals surface area contributed by atoms with Crippen LogP contribution in [-0.4, -0.2) is 43.6 Å². The maximum Gasteiger partial charge on any atom is 0.104 e. The van der Waals surface area contributed by atoms with Gasteiger partial charge in [0.1, 0.15) is 4.99 Å². The molecule has 0 aliphatic carbocycles. The van der Waals surface area contributed by atoms with Crippen LogP contribution in [0.25, 0.3) is 0 Å². The number of aryl methyl sites for hydroxylation is 1. The zero-order valence-electron chi connectivity index (χ0n) is 12.0. The van der Waals surface area contributed by atoms with Gasteiger partial charge in [-0.3, -0.25) is 0 Å². The quantitative estimate of drug-likeness (QED) is 0.854. The molecule has 1 heterocycles. The lowest BCUT2D eigenvalue weighted by Crippen LogP contribution is -2.27. The molecule has 0 saturated carbocycles. The van der Waals surface area contributed by atoms with E-state index in [1.54, 1.807) is 0 Å². The largest absolute Gasteiger partial charge is 0.389 e. The highest BCUT2D eigenvalue weighted by molar-refractivity contribution is 7.80. The first kappa shape index (κ1) is 14.3. The molecule has 1 aromatic carbocycles. The van der Waals surface area contributed by atoms with Crippen molar-refractivity contribution in [2.75, 3.05) is 38.6 Å². The number of hydrogen-bond acceptors (Lipinski definition) is 3. The fraction of sp³-hybridized carbons (Fsp3) is 0.533. The van der Waals surface area contributed by atoms with Crippen molar-refractivity contribution in [3.05, 3.63) is 29.3 Å². The van der Waals surface area contributed by atoms with Crippen LogP contribution in [0.1, 0.15) is 17.5 Å². The van der Waals surface area contributed by atoms with E-state index in [-0.39, 0.29) is 0 Å². The average Bonchev–Trinajstić information content (AvgIpc) is 2.74. The number of nitrogens with zero attached hydrogens (tertiary/aromatic N) is 2. The standard InChI is InChI=1S/C15H23N3S/c1-11-8-13(4-5-14(11)15(16)19)18(3)10-12-6-7-17(2)9-12/h4-5,8,12H,6-7,9-10H2,1-3H3,(H2,16,19). The molecule has 0 bridgehead atoms. The van der Waals surface area contributed by atoms with E-state index in [0.29, 0.717) is 4.99 Å². The smallest absolute Gasteiger partial charge is 0.104 e. The summed E-state index contributed by atoms with van der Waals surface area (Å²) >= 11 is 5.05. The lowest BCUT2D eigenvalue weighted by atomic mass is 10.1. The SMILES string of the molecule is Cc1cc(N(C)CC2CCN(C)C2)ccc1C(N)=S. The van der Waals surface area contributed by atoms with Crippen molar-refractivity contribution >= 4 is 22.9 Å². The Morgan fingerprint density at radius 3 is 2.79 bits per heavy atom. The molecule has 1 atom stereocenters. The minimum absolute atomic E-state index is 0.476. The summed E-state index contributed by atoms with van der Waals surface area (Å²) in [7, 11) is 4.36. The van der Waals surface area contributed by atoms with E-state index in [0.717, 1.165) is 23.6 Å². The molecule has 4 heteroatoms. The average molecular weight is 277 g/mol. The highest BCUT2D eigenvalue weighted by atomic mass is 32.1. The first-order chi connectivity index (χ1) is 8.97. The minimum Gasteiger partial charge on any atom is -0.389 e. The Kier molecular flexibility index (Phi) is 4.42. The van der Waals surface area contributed by atoms with Gasteiger partial charge in [0.2, 0.25) is 0 Å². The molecule has 0 radical (unpaired) electrons. The van der Waals surface area contributed by atoms with Gasteiger partial charge in [-0.1, -0.05) is 12.2 Å². The monoisotopic (exact) mass is 277 g/mol. The Balaban J connectivity index is 2.05. The predicted molar refractivity (Wildman–Crippen MR) is 85.9 cm³/mol. The molecule has 0 spiro atoms. The lowest BCUT2D eigenvalue weighted by Gasteiger charge is -2.24. The molecule has 2 rings (SSSR count). The third kappa shape index (κ3) is 3.45. The summed E-state index contributed by atoms with van der Waals surface area (Å²) in [4.78, 5) is 5.21. The fourth-order valence-corrected chi connectivity index (χ4v) is 3.06. The van der Waals surface area contributed by atoms with Crippen LogP contribution in [0.2, 0.25) is 0 Å². The van der Waals surface area contributed by atoms with Gasteiger partial charge in [0.05, 0.1) is 0 Å². The number of anilines is 1. The third-order valence-electron chi connectivity index (χ3n) is 3.94. The number of thiocarbonyl (C=S) groups is 1. The first-order valence-electron chi connectivity index (χ1n) is 6.77. The van der Waals surface area contributed by atoms with Gasteiger partial charge < -0.3 is 15.5 Å². The third-order valence-corrected chi connectivity index (χ3v) is 4.16.